The summed E-state index contributed by atoms with van der Waals surface area (Å²) >= 11 is 0. The molecular formula is C37H51N3O7S. The Morgan fingerprint density at radius 1 is 1.06 bits per heavy atom. The van der Waals surface area contributed by atoms with Crippen LogP contribution >= 0.6 is 0 Å². The monoisotopic (exact) mass is 681 g/mol. The lowest BCUT2D eigenvalue weighted by Crippen LogP contribution is -2.47. The van der Waals surface area contributed by atoms with E-state index in [0.717, 1.165) is 42.7 Å². The standard InChI is InChI=1S/C37H51N3O7S/c1-26-10-17-33(18-11-26)48(43,44)38-31-14-19-35-34(21-31)37(42)40(28(3)25-41)22-27(2)36(46-20-8-7-9-29(4)47-35)24-39(5)23-30-12-15-32(45-6)16-13-30/h10-19,21,27-29,36,38,41H,7-9,20,22-25H2,1-6H3/t27-,28-,29-,36+/m0/s1. The highest BCUT2D eigenvalue weighted by atomic mass is 32.2. The number of benzene rings is 3. The van der Waals surface area contributed by atoms with E-state index in [1.54, 1.807) is 55.3 Å². The van der Waals surface area contributed by atoms with Crippen molar-refractivity contribution in [3.8, 4) is 11.5 Å². The van der Waals surface area contributed by atoms with E-state index >= 15 is 0 Å². The molecule has 0 saturated carbocycles. The van der Waals surface area contributed by atoms with Crippen molar-refractivity contribution in [3.05, 3.63) is 83.4 Å². The Hall–Kier alpha value is -3.64. The molecule has 4 rings (SSSR count). The number of ether oxygens (including phenoxy) is 3. The molecule has 0 saturated heterocycles. The molecule has 4 atom stereocenters. The summed E-state index contributed by atoms with van der Waals surface area (Å²) in [6.07, 6.45) is 2.13. The average Bonchev–Trinajstić information content (AvgIpc) is 3.06. The molecule has 0 unspecified atom stereocenters. The van der Waals surface area contributed by atoms with E-state index in [9.17, 15) is 18.3 Å². The van der Waals surface area contributed by atoms with Crippen molar-refractivity contribution in [2.45, 2.75) is 76.6 Å². The number of fused-ring (bicyclic) bond motifs is 1. The van der Waals surface area contributed by atoms with Crippen LogP contribution in [0.4, 0.5) is 5.69 Å². The highest BCUT2D eigenvalue weighted by molar-refractivity contribution is 7.92. The summed E-state index contributed by atoms with van der Waals surface area (Å²) in [6, 6.07) is 18.8. The maximum absolute atomic E-state index is 14.4. The summed E-state index contributed by atoms with van der Waals surface area (Å²) in [5.74, 6) is 0.738. The first-order valence-electron chi connectivity index (χ1n) is 16.6. The van der Waals surface area contributed by atoms with E-state index in [1.807, 2.05) is 38.1 Å². The maximum atomic E-state index is 14.4. The van der Waals surface area contributed by atoms with Gasteiger partial charge in [-0.2, -0.15) is 0 Å². The third-order valence-corrected chi connectivity index (χ3v) is 10.1. The number of rotatable bonds is 10. The lowest BCUT2D eigenvalue weighted by Gasteiger charge is -2.36. The van der Waals surface area contributed by atoms with Gasteiger partial charge in [0.15, 0.2) is 0 Å². The van der Waals surface area contributed by atoms with E-state index in [-0.39, 0.29) is 46.8 Å². The summed E-state index contributed by atoms with van der Waals surface area (Å²) in [4.78, 5) is 18.4. The van der Waals surface area contributed by atoms with E-state index in [0.29, 0.717) is 25.4 Å². The van der Waals surface area contributed by atoms with Crippen molar-refractivity contribution in [1.29, 1.82) is 0 Å². The van der Waals surface area contributed by atoms with Gasteiger partial charge < -0.3 is 24.2 Å². The van der Waals surface area contributed by atoms with Gasteiger partial charge in [-0.1, -0.05) is 36.8 Å². The van der Waals surface area contributed by atoms with E-state index in [4.69, 9.17) is 14.2 Å². The molecule has 1 amide bonds. The maximum Gasteiger partial charge on any atom is 0.261 e. The number of carbonyl (C=O) groups is 1. The topological polar surface area (TPSA) is 118 Å². The summed E-state index contributed by atoms with van der Waals surface area (Å²) in [5.41, 5.74) is 2.56. The first-order valence-corrected chi connectivity index (χ1v) is 18.1. The number of sulfonamides is 1. The molecule has 3 aromatic rings. The number of aliphatic hydroxyl groups is 1. The zero-order valence-electron chi connectivity index (χ0n) is 29.0. The Morgan fingerprint density at radius 2 is 1.77 bits per heavy atom. The lowest BCUT2D eigenvalue weighted by molar-refractivity contribution is -0.0177. The largest absolute Gasteiger partial charge is 0.497 e. The minimum Gasteiger partial charge on any atom is -0.497 e. The van der Waals surface area contributed by atoms with Crippen molar-refractivity contribution >= 4 is 21.6 Å². The second-order valence-electron chi connectivity index (χ2n) is 13.0. The number of hydrogen-bond donors (Lipinski definition) is 2. The summed E-state index contributed by atoms with van der Waals surface area (Å²) < 4.78 is 47.2. The fraction of sp³-hybridized carbons (Fsp3) is 0.486. The van der Waals surface area contributed by atoms with Gasteiger partial charge in [0.25, 0.3) is 15.9 Å². The Balaban J connectivity index is 1.62. The fourth-order valence-electron chi connectivity index (χ4n) is 5.79. The first-order chi connectivity index (χ1) is 22.9. The molecule has 48 heavy (non-hydrogen) atoms. The van der Waals surface area contributed by atoms with Gasteiger partial charge in [0.1, 0.15) is 11.5 Å². The van der Waals surface area contributed by atoms with Crippen LogP contribution in [0.15, 0.2) is 71.6 Å². The fourth-order valence-corrected chi connectivity index (χ4v) is 6.84. The van der Waals surface area contributed by atoms with Gasteiger partial charge >= 0.3 is 0 Å². The van der Waals surface area contributed by atoms with Gasteiger partial charge in [-0.3, -0.25) is 14.4 Å². The number of aryl methyl sites for hydroxylation is 1. The molecule has 1 heterocycles. The van der Waals surface area contributed by atoms with Crippen molar-refractivity contribution in [3.63, 3.8) is 0 Å². The van der Waals surface area contributed by atoms with Crippen molar-refractivity contribution in [2.75, 3.05) is 45.2 Å². The quantitative estimate of drug-likeness (QED) is 0.279. The lowest BCUT2D eigenvalue weighted by atomic mass is 10.0. The van der Waals surface area contributed by atoms with Crippen LogP contribution < -0.4 is 14.2 Å². The van der Waals surface area contributed by atoms with E-state index < -0.39 is 16.1 Å². The highest BCUT2D eigenvalue weighted by Gasteiger charge is 2.30. The molecule has 0 radical (unpaired) electrons. The first kappa shape index (κ1) is 37.2. The summed E-state index contributed by atoms with van der Waals surface area (Å²) in [5, 5.41) is 10.3. The van der Waals surface area contributed by atoms with Crippen LogP contribution in [0.25, 0.3) is 0 Å². The molecule has 3 aromatic carbocycles. The molecule has 0 bridgehead atoms. The van der Waals surface area contributed by atoms with Gasteiger partial charge in [0.05, 0.1) is 42.4 Å². The molecule has 2 N–H and O–H groups in total. The van der Waals surface area contributed by atoms with Crippen LogP contribution in [0.5, 0.6) is 11.5 Å². The highest BCUT2D eigenvalue weighted by Crippen LogP contribution is 2.30. The number of anilines is 1. The van der Waals surface area contributed by atoms with Crippen LogP contribution in [0.3, 0.4) is 0 Å². The summed E-state index contributed by atoms with van der Waals surface area (Å²) in [6.45, 7) is 9.73. The van der Waals surface area contributed by atoms with Crippen molar-refractivity contribution < 1.29 is 32.5 Å². The Bertz CT molecular complexity index is 1580. The Labute approximate surface area is 286 Å². The molecule has 0 spiro atoms. The van der Waals surface area contributed by atoms with Gasteiger partial charge in [-0.15, -0.1) is 0 Å². The van der Waals surface area contributed by atoms with Gasteiger partial charge in [-0.25, -0.2) is 8.42 Å². The van der Waals surface area contributed by atoms with Crippen LogP contribution in [0.2, 0.25) is 0 Å². The second-order valence-corrected chi connectivity index (χ2v) is 14.7. The third-order valence-electron chi connectivity index (χ3n) is 8.74. The minimum absolute atomic E-state index is 0.0873. The molecule has 262 valence electrons. The van der Waals surface area contributed by atoms with Crippen LogP contribution in [-0.2, 0) is 21.3 Å². The van der Waals surface area contributed by atoms with E-state index in [1.165, 1.54) is 6.07 Å². The molecule has 0 aliphatic carbocycles. The van der Waals surface area contributed by atoms with Crippen molar-refractivity contribution in [2.24, 2.45) is 5.92 Å². The molecule has 1 aliphatic rings. The molecular weight excluding hydrogens is 630 g/mol. The predicted octanol–water partition coefficient (Wildman–Crippen LogP) is 5.73. The zero-order valence-corrected chi connectivity index (χ0v) is 29.8. The van der Waals surface area contributed by atoms with Gasteiger partial charge in [0, 0.05) is 37.8 Å². The third kappa shape index (κ3) is 10.2. The van der Waals surface area contributed by atoms with Crippen LogP contribution in [-0.4, -0.2) is 87.9 Å². The number of nitrogens with zero attached hydrogens (tertiary/aromatic N) is 2. The molecule has 1 aliphatic heterocycles. The average molecular weight is 682 g/mol. The van der Waals surface area contributed by atoms with Crippen LogP contribution in [0.1, 0.15) is 61.5 Å². The number of aliphatic hydroxyl groups excluding tert-OH is 1. The number of hydrogen-bond acceptors (Lipinski definition) is 8. The molecule has 0 aromatic heterocycles. The Morgan fingerprint density at radius 3 is 2.44 bits per heavy atom. The predicted molar refractivity (Wildman–Crippen MR) is 188 cm³/mol. The molecule has 11 heteroatoms. The minimum atomic E-state index is -3.91. The number of nitrogens with one attached hydrogen (secondary N) is 1. The summed E-state index contributed by atoms with van der Waals surface area (Å²) in [7, 11) is -0.200. The van der Waals surface area contributed by atoms with Gasteiger partial charge in [0.2, 0.25) is 0 Å². The number of amides is 1. The number of likely N-dealkylation sites (N-methyl/N-ethyl adjacent to an activating group) is 1. The number of methoxy groups -OCH3 is 1. The molecule has 10 nitrogen and oxygen atoms in total. The molecule has 0 fully saturated rings. The normalized spacial score (nSPS) is 20.4. The Kier molecular flexibility index (Phi) is 13.3. The number of carbonyl (C=O) groups excluding carboxylic acids is 1. The van der Waals surface area contributed by atoms with Crippen LogP contribution in [0, 0.1) is 12.8 Å². The van der Waals surface area contributed by atoms with Gasteiger partial charge in [-0.05, 0) is 95.1 Å². The zero-order chi connectivity index (χ0) is 34.8. The second kappa shape index (κ2) is 17.1. The van der Waals surface area contributed by atoms with E-state index in [2.05, 4.69) is 23.6 Å². The van der Waals surface area contributed by atoms with Crippen molar-refractivity contribution in [1.82, 2.24) is 9.80 Å². The smallest absolute Gasteiger partial charge is 0.261 e. The SMILES string of the molecule is COc1ccc(CN(C)C[C@H]2OCCCC[C@H](C)Oc3ccc(NS(=O)(=O)c4ccc(C)cc4)cc3C(=O)N([C@@H](C)CO)C[C@@H]2C)cc1.